The van der Waals surface area contributed by atoms with Gasteiger partial charge in [0.1, 0.15) is 22.9 Å². The minimum absolute atomic E-state index is 0.0445. The van der Waals surface area contributed by atoms with Crippen LogP contribution in [-0.4, -0.2) is 29.2 Å². The third-order valence-electron chi connectivity index (χ3n) is 8.72. The number of rotatable bonds is 4. The van der Waals surface area contributed by atoms with Crippen LogP contribution in [0.15, 0.2) is 35.9 Å². The largest absolute Gasteiger partial charge is 0.508 e. The zero-order valence-electron chi connectivity index (χ0n) is 20.7. The molecule has 0 unspecified atom stereocenters. The average molecular weight is 439 g/mol. The lowest BCUT2D eigenvalue weighted by molar-refractivity contribution is -0.207. The molecule has 0 radical (unpaired) electrons. The first-order valence-corrected chi connectivity index (χ1v) is 11.8. The molecule has 4 nitrogen and oxygen atoms in total. The number of ether oxygens (including phenoxy) is 2. The molecule has 1 N–H and O–H groups in total. The Kier molecular flexibility index (Phi) is 5.40. The van der Waals surface area contributed by atoms with E-state index in [1.165, 1.54) is 0 Å². The van der Waals surface area contributed by atoms with Crippen LogP contribution in [0.4, 0.5) is 0 Å². The lowest BCUT2D eigenvalue weighted by Crippen LogP contribution is -2.64. The first-order chi connectivity index (χ1) is 14.9. The molecular formula is C28H38O4. The van der Waals surface area contributed by atoms with Crippen LogP contribution in [0, 0.1) is 23.7 Å². The molecule has 0 bridgehead atoms. The van der Waals surface area contributed by atoms with Gasteiger partial charge in [0.15, 0.2) is 0 Å². The predicted molar refractivity (Wildman–Crippen MR) is 127 cm³/mol. The first kappa shape index (κ1) is 23.1. The van der Waals surface area contributed by atoms with E-state index >= 15 is 0 Å². The van der Waals surface area contributed by atoms with Crippen molar-refractivity contribution in [3.8, 4) is 11.5 Å². The normalized spacial score (nSPS) is 36.0. The van der Waals surface area contributed by atoms with Gasteiger partial charge < -0.3 is 14.6 Å². The molecule has 32 heavy (non-hydrogen) atoms. The second-order valence-electron chi connectivity index (χ2n) is 11.3. The van der Waals surface area contributed by atoms with Gasteiger partial charge in [-0.2, -0.15) is 0 Å². The van der Waals surface area contributed by atoms with E-state index in [4.69, 9.17) is 9.47 Å². The zero-order valence-corrected chi connectivity index (χ0v) is 20.7. The number of phenols is 1. The van der Waals surface area contributed by atoms with Crippen molar-refractivity contribution in [1.82, 2.24) is 0 Å². The fourth-order valence-electron chi connectivity index (χ4n) is 6.94. The maximum atomic E-state index is 13.7. The van der Waals surface area contributed by atoms with Crippen molar-refractivity contribution in [3.05, 3.63) is 47.1 Å². The number of fused-ring (bicyclic) bond motifs is 2. The van der Waals surface area contributed by atoms with Crippen molar-refractivity contribution >= 4 is 5.78 Å². The van der Waals surface area contributed by atoms with Gasteiger partial charge in [0, 0.05) is 17.4 Å². The van der Waals surface area contributed by atoms with Crippen LogP contribution in [-0.2, 0) is 16.0 Å². The van der Waals surface area contributed by atoms with Crippen molar-refractivity contribution in [3.63, 3.8) is 0 Å². The Balaban J connectivity index is 1.77. The number of benzene rings is 1. The van der Waals surface area contributed by atoms with E-state index in [-0.39, 0.29) is 28.3 Å². The van der Waals surface area contributed by atoms with Crippen LogP contribution in [0.2, 0.25) is 0 Å². The molecular weight excluding hydrogens is 400 g/mol. The van der Waals surface area contributed by atoms with Crippen LogP contribution in [0.1, 0.15) is 71.4 Å². The fourth-order valence-corrected chi connectivity index (χ4v) is 6.94. The van der Waals surface area contributed by atoms with Gasteiger partial charge in [0.25, 0.3) is 0 Å². The van der Waals surface area contributed by atoms with Gasteiger partial charge in [-0.15, -0.1) is 0 Å². The molecule has 4 heteroatoms. The average Bonchev–Trinajstić information content (AvgIpc) is 3.17. The number of aromatic hydroxyl groups is 1. The summed E-state index contributed by atoms with van der Waals surface area (Å²) in [7, 11) is 1.65. The van der Waals surface area contributed by atoms with E-state index in [2.05, 4.69) is 52.8 Å². The number of aryl methyl sites for hydroxylation is 1. The first-order valence-electron chi connectivity index (χ1n) is 11.8. The summed E-state index contributed by atoms with van der Waals surface area (Å²) < 4.78 is 12.5. The van der Waals surface area contributed by atoms with Crippen molar-refractivity contribution in [1.29, 1.82) is 0 Å². The van der Waals surface area contributed by atoms with E-state index in [0.717, 1.165) is 41.7 Å². The minimum atomic E-state index is -0.628. The number of carbonyl (C=O) groups is 1. The van der Waals surface area contributed by atoms with E-state index in [1.54, 1.807) is 19.2 Å². The monoisotopic (exact) mass is 438 g/mol. The Labute approximate surface area is 192 Å². The molecule has 0 amide bonds. The Morgan fingerprint density at radius 1 is 1.22 bits per heavy atom. The summed E-state index contributed by atoms with van der Waals surface area (Å²) in [5.74, 6) is 0.987. The highest BCUT2D eigenvalue weighted by Gasteiger charge is 2.70. The van der Waals surface area contributed by atoms with Gasteiger partial charge in [0.2, 0.25) is 0 Å². The standard InChI is InChI=1S/C28H38O4/c1-18(9-10-20-16-21(29)15-19(2)24(20)31-7)23-22(30)17-26(5)11-8-12-27(26,6)28(23)14-13-25(3,4)32-28/h9,13-16,23,29H,8,10-12,17H2,1-7H3/t23-,26-,27-,28-/m0/s1. The van der Waals surface area contributed by atoms with Gasteiger partial charge in [-0.1, -0.05) is 44.1 Å². The van der Waals surface area contributed by atoms with E-state index in [0.29, 0.717) is 12.8 Å². The molecule has 1 aromatic carbocycles. The lowest BCUT2D eigenvalue weighted by Gasteiger charge is -2.59. The topological polar surface area (TPSA) is 55.8 Å². The molecule has 1 aromatic rings. The Morgan fingerprint density at radius 3 is 2.56 bits per heavy atom. The Morgan fingerprint density at radius 2 is 1.94 bits per heavy atom. The van der Waals surface area contributed by atoms with Gasteiger partial charge in [0.05, 0.1) is 18.6 Å². The summed E-state index contributed by atoms with van der Waals surface area (Å²) in [6, 6.07) is 3.46. The van der Waals surface area contributed by atoms with Gasteiger partial charge >= 0.3 is 0 Å². The molecule has 4 atom stereocenters. The summed E-state index contributed by atoms with van der Waals surface area (Å²) in [5, 5.41) is 10.1. The zero-order chi connectivity index (χ0) is 23.5. The van der Waals surface area contributed by atoms with Crippen molar-refractivity contribution < 1.29 is 19.4 Å². The molecule has 1 spiro atoms. The van der Waals surface area contributed by atoms with Gasteiger partial charge in [-0.25, -0.2) is 0 Å². The summed E-state index contributed by atoms with van der Waals surface area (Å²) in [4.78, 5) is 13.7. The number of ketones is 1. The van der Waals surface area contributed by atoms with Crippen LogP contribution in [0.25, 0.3) is 0 Å². The molecule has 1 aliphatic heterocycles. The Bertz CT molecular complexity index is 1000. The maximum absolute atomic E-state index is 13.7. The van der Waals surface area contributed by atoms with E-state index in [9.17, 15) is 9.90 Å². The van der Waals surface area contributed by atoms with Crippen LogP contribution in [0.5, 0.6) is 11.5 Å². The number of Topliss-reactive ketones (excluding diaryl/α,β-unsaturated/α-hetero) is 1. The summed E-state index contributed by atoms with van der Waals surface area (Å²) in [5.41, 5.74) is 1.69. The second kappa shape index (κ2) is 7.48. The smallest absolute Gasteiger partial charge is 0.143 e. The van der Waals surface area contributed by atoms with Crippen molar-refractivity contribution in [2.24, 2.45) is 16.7 Å². The summed E-state index contributed by atoms with van der Waals surface area (Å²) in [6.45, 7) is 12.8. The molecule has 4 rings (SSSR count). The van der Waals surface area contributed by atoms with Crippen LogP contribution >= 0.6 is 0 Å². The highest BCUT2D eigenvalue weighted by Crippen LogP contribution is 2.69. The summed E-state index contributed by atoms with van der Waals surface area (Å²) in [6.07, 6.45) is 11.0. The van der Waals surface area contributed by atoms with Gasteiger partial charge in [-0.3, -0.25) is 4.79 Å². The molecule has 2 fully saturated rings. The minimum Gasteiger partial charge on any atom is -0.508 e. The fraction of sp³-hybridized carbons (Fsp3) is 0.607. The molecule has 2 saturated carbocycles. The molecule has 174 valence electrons. The highest BCUT2D eigenvalue weighted by atomic mass is 16.5. The van der Waals surface area contributed by atoms with Crippen LogP contribution < -0.4 is 4.74 Å². The molecule has 3 aliphatic rings. The second-order valence-corrected chi connectivity index (χ2v) is 11.3. The molecule has 0 aromatic heterocycles. The molecule has 1 heterocycles. The highest BCUT2D eigenvalue weighted by molar-refractivity contribution is 5.88. The summed E-state index contributed by atoms with van der Waals surface area (Å²) >= 11 is 0. The number of carbonyl (C=O) groups excluding carboxylic acids is 1. The molecule has 0 saturated heterocycles. The SMILES string of the molecule is COc1c(C)cc(O)cc1CC=C(C)[C@H]1C(=O)C[C@]2(C)CCC[C@]2(C)[C@]12C=CC(C)(C)O2. The Hall–Kier alpha value is -2.07. The number of phenolic OH excluding ortho intramolecular Hbond substituents is 1. The van der Waals surface area contributed by atoms with Crippen LogP contribution in [0.3, 0.4) is 0 Å². The number of hydrogen-bond acceptors (Lipinski definition) is 4. The quantitative estimate of drug-likeness (QED) is 0.578. The van der Waals surface area contributed by atoms with Crippen molar-refractivity contribution in [2.75, 3.05) is 7.11 Å². The third kappa shape index (κ3) is 3.25. The number of methoxy groups -OCH3 is 1. The van der Waals surface area contributed by atoms with Gasteiger partial charge in [-0.05, 0) is 70.1 Å². The van der Waals surface area contributed by atoms with E-state index < -0.39 is 11.2 Å². The third-order valence-corrected chi connectivity index (χ3v) is 8.72. The lowest BCUT2D eigenvalue weighted by atomic mass is 9.48. The van der Waals surface area contributed by atoms with Crippen molar-refractivity contribution in [2.45, 2.75) is 84.8 Å². The predicted octanol–water partition coefficient (Wildman–Crippen LogP) is 6.09. The van der Waals surface area contributed by atoms with E-state index in [1.807, 2.05) is 6.92 Å². The maximum Gasteiger partial charge on any atom is 0.143 e. The molecule has 2 aliphatic carbocycles. The number of hydrogen-bond donors (Lipinski definition) is 1. The number of allylic oxidation sites excluding steroid dienone is 1.